The van der Waals surface area contributed by atoms with Gasteiger partial charge in [0.15, 0.2) is 12.6 Å². The summed E-state index contributed by atoms with van der Waals surface area (Å²) in [6.45, 7) is 7.78. The van der Waals surface area contributed by atoms with Crippen molar-refractivity contribution in [1.82, 2.24) is 9.97 Å². The van der Waals surface area contributed by atoms with Crippen LogP contribution in [0.25, 0.3) is 12.2 Å². The third-order valence-corrected chi connectivity index (χ3v) is 3.93. The van der Waals surface area contributed by atoms with Crippen molar-refractivity contribution >= 4 is 24.7 Å². The van der Waals surface area contributed by atoms with Crippen LogP contribution in [0.4, 0.5) is 0 Å². The number of hydrogen-bond donors (Lipinski definition) is 2. The first-order chi connectivity index (χ1) is 9.49. The van der Waals surface area contributed by atoms with Gasteiger partial charge in [0.25, 0.3) is 0 Å². The molecule has 4 heteroatoms. The van der Waals surface area contributed by atoms with Crippen molar-refractivity contribution in [3.8, 4) is 0 Å². The molecule has 0 saturated heterocycles. The smallest absolute Gasteiger partial charge is 0.166 e. The van der Waals surface area contributed by atoms with E-state index < -0.39 is 0 Å². The van der Waals surface area contributed by atoms with E-state index in [-0.39, 0.29) is 0 Å². The minimum absolute atomic E-state index is 0.607. The number of H-pyrrole nitrogens is 2. The van der Waals surface area contributed by atoms with Gasteiger partial charge in [0, 0.05) is 11.4 Å². The van der Waals surface area contributed by atoms with E-state index >= 15 is 0 Å². The Morgan fingerprint density at radius 1 is 0.600 bits per heavy atom. The summed E-state index contributed by atoms with van der Waals surface area (Å²) < 4.78 is 0. The zero-order chi connectivity index (χ0) is 14.9. The minimum atomic E-state index is 0.607. The van der Waals surface area contributed by atoms with Crippen molar-refractivity contribution in [3.05, 3.63) is 45.0 Å². The third-order valence-electron chi connectivity index (χ3n) is 3.93. The summed E-state index contributed by atoms with van der Waals surface area (Å²) in [5.41, 5.74) is 7.07. The average Bonchev–Trinajstić information content (AvgIpc) is 2.88. The van der Waals surface area contributed by atoms with Gasteiger partial charge in [0.05, 0.1) is 11.4 Å². The molecule has 0 saturated carbocycles. The second-order valence-electron chi connectivity index (χ2n) is 4.97. The van der Waals surface area contributed by atoms with E-state index in [2.05, 4.69) is 9.97 Å². The fourth-order valence-corrected chi connectivity index (χ4v) is 2.21. The first kappa shape index (κ1) is 14.1. The Morgan fingerprint density at radius 3 is 1.15 bits per heavy atom. The number of aldehydes is 2. The van der Waals surface area contributed by atoms with Crippen LogP contribution in [0.1, 0.15) is 54.6 Å². The molecule has 0 amide bonds. The summed E-state index contributed by atoms with van der Waals surface area (Å²) in [7, 11) is 0. The van der Waals surface area contributed by atoms with Crippen molar-refractivity contribution in [2.75, 3.05) is 0 Å². The molecule has 0 bridgehead atoms. The van der Waals surface area contributed by atoms with Gasteiger partial charge in [-0.05, 0) is 62.1 Å². The molecule has 0 radical (unpaired) electrons. The fourth-order valence-electron chi connectivity index (χ4n) is 2.21. The van der Waals surface area contributed by atoms with Crippen molar-refractivity contribution in [1.29, 1.82) is 0 Å². The average molecular weight is 270 g/mol. The van der Waals surface area contributed by atoms with Crippen LogP contribution >= 0.6 is 0 Å². The Labute approximate surface area is 117 Å². The number of carbonyl (C=O) groups is 2. The van der Waals surface area contributed by atoms with Gasteiger partial charge in [-0.3, -0.25) is 9.59 Å². The van der Waals surface area contributed by atoms with Crippen molar-refractivity contribution in [2.45, 2.75) is 27.7 Å². The summed E-state index contributed by atoms with van der Waals surface area (Å²) in [5, 5.41) is 0. The highest BCUT2D eigenvalue weighted by Crippen LogP contribution is 2.21. The SMILES string of the molecule is Cc1c(C=O)[nH]c(C=Cc2[nH]c(C=O)c(C)c2C)c1C. The predicted molar refractivity (Wildman–Crippen MR) is 80.2 cm³/mol. The molecule has 2 aromatic heterocycles. The van der Waals surface area contributed by atoms with E-state index in [1.54, 1.807) is 0 Å². The predicted octanol–water partition coefficient (Wildman–Crippen LogP) is 3.37. The molecule has 0 unspecified atom stereocenters. The van der Waals surface area contributed by atoms with Gasteiger partial charge in [-0.1, -0.05) is 0 Å². The van der Waals surface area contributed by atoms with E-state index in [0.29, 0.717) is 11.4 Å². The molecule has 104 valence electrons. The first-order valence-corrected chi connectivity index (χ1v) is 6.46. The van der Waals surface area contributed by atoms with Gasteiger partial charge in [0.2, 0.25) is 0 Å². The van der Waals surface area contributed by atoms with E-state index in [1.807, 2.05) is 39.8 Å². The van der Waals surface area contributed by atoms with Crippen LogP contribution in [0.3, 0.4) is 0 Å². The lowest BCUT2D eigenvalue weighted by Gasteiger charge is -1.94. The van der Waals surface area contributed by atoms with Gasteiger partial charge in [-0.2, -0.15) is 0 Å². The van der Waals surface area contributed by atoms with Crippen molar-refractivity contribution < 1.29 is 9.59 Å². The van der Waals surface area contributed by atoms with Crippen LogP contribution in [0.5, 0.6) is 0 Å². The van der Waals surface area contributed by atoms with E-state index in [1.165, 1.54) is 0 Å². The van der Waals surface area contributed by atoms with Crippen LogP contribution in [-0.2, 0) is 0 Å². The highest BCUT2D eigenvalue weighted by atomic mass is 16.1. The number of carbonyl (C=O) groups excluding carboxylic acids is 2. The van der Waals surface area contributed by atoms with Gasteiger partial charge in [-0.25, -0.2) is 0 Å². The largest absolute Gasteiger partial charge is 0.352 e. The molecule has 0 aliphatic heterocycles. The van der Waals surface area contributed by atoms with Gasteiger partial charge in [-0.15, -0.1) is 0 Å². The monoisotopic (exact) mass is 270 g/mol. The summed E-state index contributed by atoms with van der Waals surface area (Å²) in [4.78, 5) is 28.0. The second-order valence-corrected chi connectivity index (χ2v) is 4.97. The van der Waals surface area contributed by atoms with Crippen molar-refractivity contribution in [3.63, 3.8) is 0 Å². The molecular weight excluding hydrogens is 252 g/mol. The second kappa shape index (κ2) is 5.33. The zero-order valence-corrected chi connectivity index (χ0v) is 12.1. The molecule has 2 aromatic rings. The lowest BCUT2D eigenvalue weighted by molar-refractivity contribution is 0.111. The van der Waals surface area contributed by atoms with E-state index in [4.69, 9.17) is 0 Å². The number of nitrogens with one attached hydrogen (secondary N) is 2. The fraction of sp³-hybridized carbons (Fsp3) is 0.250. The topological polar surface area (TPSA) is 65.7 Å². The Hall–Kier alpha value is -2.36. The number of aromatic amines is 2. The standard InChI is InChI=1S/C16H18N2O2/c1-9-11(3)15(7-19)17-13(9)5-6-14-10(2)12(4)16(8-20)18-14/h5-8,17-18H,1-4H3. The summed E-state index contributed by atoms with van der Waals surface area (Å²) in [6, 6.07) is 0. The molecule has 0 spiro atoms. The number of rotatable bonds is 4. The van der Waals surface area contributed by atoms with E-state index in [9.17, 15) is 9.59 Å². The third kappa shape index (κ3) is 2.25. The zero-order valence-electron chi connectivity index (χ0n) is 12.1. The maximum absolute atomic E-state index is 10.9. The Bertz CT molecular complexity index is 642. The lowest BCUT2D eigenvalue weighted by atomic mass is 10.1. The molecule has 4 nitrogen and oxygen atoms in total. The molecule has 0 atom stereocenters. The Morgan fingerprint density at radius 2 is 0.900 bits per heavy atom. The van der Waals surface area contributed by atoms with E-state index in [0.717, 1.165) is 46.2 Å². The molecule has 20 heavy (non-hydrogen) atoms. The summed E-state index contributed by atoms with van der Waals surface area (Å²) >= 11 is 0. The molecular formula is C16H18N2O2. The van der Waals surface area contributed by atoms with Crippen LogP contribution in [0, 0.1) is 27.7 Å². The summed E-state index contributed by atoms with van der Waals surface area (Å²) in [6.07, 6.45) is 5.49. The highest BCUT2D eigenvalue weighted by Gasteiger charge is 2.09. The van der Waals surface area contributed by atoms with Crippen molar-refractivity contribution in [2.24, 2.45) is 0 Å². The molecule has 0 aliphatic rings. The number of hydrogen-bond acceptors (Lipinski definition) is 2. The molecule has 2 N–H and O–H groups in total. The lowest BCUT2D eigenvalue weighted by Crippen LogP contribution is -1.82. The maximum atomic E-state index is 10.9. The normalized spacial score (nSPS) is 11.2. The van der Waals surface area contributed by atoms with Crippen LogP contribution in [0.15, 0.2) is 0 Å². The maximum Gasteiger partial charge on any atom is 0.166 e. The van der Waals surface area contributed by atoms with Gasteiger partial charge in [0.1, 0.15) is 0 Å². The van der Waals surface area contributed by atoms with Crippen LogP contribution in [0.2, 0.25) is 0 Å². The minimum Gasteiger partial charge on any atom is -0.352 e. The van der Waals surface area contributed by atoms with Gasteiger partial charge < -0.3 is 9.97 Å². The van der Waals surface area contributed by atoms with Crippen LogP contribution in [-0.4, -0.2) is 22.5 Å². The molecule has 0 fully saturated rings. The number of aromatic nitrogens is 2. The Kier molecular flexibility index (Phi) is 3.74. The molecule has 2 rings (SSSR count). The molecule has 0 aliphatic carbocycles. The highest BCUT2D eigenvalue weighted by molar-refractivity contribution is 5.81. The van der Waals surface area contributed by atoms with Gasteiger partial charge >= 0.3 is 0 Å². The quantitative estimate of drug-likeness (QED) is 0.836. The van der Waals surface area contributed by atoms with Crippen LogP contribution < -0.4 is 0 Å². The molecule has 2 heterocycles. The first-order valence-electron chi connectivity index (χ1n) is 6.46. The molecule has 0 aromatic carbocycles. The Balaban J connectivity index is 2.39. The summed E-state index contributed by atoms with van der Waals surface area (Å²) in [5.74, 6) is 0.